The number of nitrogens with one attached hydrogen (secondary N) is 2. The first-order chi connectivity index (χ1) is 17.6. The molecule has 0 spiro atoms. The Hall–Kier alpha value is -2.38. The summed E-state index contributed by atoms with van der Waals surface area (Å²) in [6.45, 7) is 1.49. The minimum atomic E-state index is -4.31. The third-order valence-electron chi connectivity index (χ3n) is 5.90. The summed E-state index contributed by atoms with van der Waals surface area (Å²) in [6.07, 6.45) is 1.26. The van der Waals surface area contributed by atoms with E-state index in [9.17, 15) is 26.4 Å². The number of carbonyl (C=O) groups is 1. The lowest BCUT2D eigenvalue weighted by Crippen LogP contribution is -2.44. The number of sulfonamides is 1. The molecule has 1 saturated heterocycles. The molecular formula is C25H26F3N3O3S3. The van der Waals surface area contributed by atoms with Crippen LogP contribution in [0.25, 0.3) is 0 Å². The maximum atomic E-state index is 13.1. The van der Waals surface area contributed by atoms with Crippen molar-refractivity contribution in [2.75, 3.05) is 13.1 Å². The zero-order valence-corrected chi connectivity index (χ0v) is 22.2. The molecule has 1 amide bonds. The molecule has 0 saturated carbocycles. The summed E-state index contributed by atoms with van der Waals surface area (Å²) in [5.74, 6) is -0.218. The second-order valence-electron chi connectivity index (χ2n) is 8.52. The largest absolute Gasteiger partial charge is 0.446 e. The molecule has 1 aliphatic heterocycles. The number of hydrogen-bond donors (Lipinski definition) is 2. The number of piperidine rings is 1. The standard InChI is InChI=1S/C25H26F3N3O3S3/c26-25(27,28)36-21-8-6-18(7-9-21)16-29-20-12-14-31(15-13-20)37(33,34)23-11-10-22(35-23)17-30-24(32)19-4-2-1-3-5-19/h1-11,20,29H,12-17H2,(H,30,32). The summed E-state index contributed by atoms with van der Waals surface area (Å²) >= 11 is 1.01. The smallest absolute Gasteiger partial charge is 0.347 e. The topological polar surface area (TPSA) is 78.5 Å². The van der Waals surface area contributed by atoms with Gasteiger partial charge in [-0.25, -0.2) is 8.42 Å². The van der Waals surface area contributed by atoms with Crippen LogP contribution in [0.15, 0.2) is 75.8 Å². The third kappa shape index (κ3) is 7.81. The van der Waals surface area contributed by atoms with Crippen LogP contribution in [0.1, 0.15) is 33.6 Å². The van der Waals surface area contributed by atoms with Gasteiger partial charge in [0.15, 0.2) is 0 Å². The van der Waals surface area contributed by atoms with E-state index in [0.717, 1.165) is 21.8 Å². The Labute approximate surface area is 222 Å². The highest BCUT2D eigenvalue weighted by Gasteiger charge is 2.31. The van der Waals surface area contributed by atoms with E-state index in [1.807, 2.05) is 6.07 Å². The Morgan fingerprint density at radius 2 is 1.65 bits per heavy atom. The van der Waals surface area contributed by atoms with E-state index < -0.39 is 15.5 Å². The molecule has 1 aliphatic rings. The molecule has 1 aromatic heterocycles. The maximum Gasteiger partial charge on any atom is 0.446 e. The van der Waals surface area contributed by atoms with Gasteiger partial charge in [0, 0.05) is 41.0 Å². The summed E-state index contributed by atoms with van der Waals surface area (Å²) in [5, 5.41) is 6.18. The number of nitrogens with zero attached hydrogens (tertiary/aromatic N) is 1. The summed E-state index contributed by atoms with van der Waals surface area (Å²) in [5.41, 5.74) is -2.90. The quantitative estimate of drug-likeness (QED) is 0.345. The molecule has 1 fully saturated rings. The van der Waals surface area contributed by atoms with E-state index in [-0.39, 0.29) is 39.4 Å². The van der Waals surface area contributed by atoms with Gasteiger partial charge in [0.1, 0.15) is 4.21 Å². The van der Waals surface area contributed by atoms with Crippen LogP contribution in [0, 0.1) is 0 Å². The van der Waals surface area contributed by atoms with Crippen LogP contribution in [-0.2, 0) is 23.1 Å². The van der Waals surface area contributed by atoms with Gasteiger partial charge in [-0.3, -0.25) is 4.79 Å². The van der Waals surface area contributed by atoms with E-state index in [1.165, 1.54) is 16.4 Å². The second-order valence-corrected chi connectivity index (χ2v) is 13.0. The summed E-state index contributed by atoms with van der Waals surface area (Å²) < 4.78 is 65.4. The minimum Gasteiger partial charge on any atom is -0.347 e. The van der Waals surface area contributed by atoms with Crippen LogP contribution in [0.5, 0.6) is 0 Å². The fraction of sp³-hybridized carbons (Fsp3) is 0.320. The van der Waals surface area contributed by atoms with Crippen molar-refractivity contribution in [3.63, 3.8) is 0 Å². The molecule has 37 heavy (non-hydrogen) atoms. The van der Waals surface area contributed by atoms with Crippen molar-refractivity contribution in [2.24, 2.45) is 0 Å². The SMILES string of the molecule is O=C(NCc1ccc(S(=O)(=O)N2CCC(NCc3ccc(SC(F)(F)F)cc3)CC2)s1)c1ccccc1. The Kier molecular flexibility index (Phi) is 8.96. The Bertz CT molecular complexity index is 1290. The molecule has 4 rings (SSSR count). The zero-order valence-electron chi connectivity index (χ0n) is 19.7. The highest BCUT2D eigenvalue weighted by Crippen LogP contribution is 2.36. The predicted molar refractivity (Wildman–Crippen MR) is 139 cm³/mol. The normalized spacial score (nSPS) is 15.5. The zero-order chi connectivity index (χ0) is 26.5. The van der Waals surface area contributed by atoms with Crippen molar-refractivity contribution >= 4 is 39.0 Å². The van der Waals surface area contributed by atoms with Gasteiger partial charge in [0.25, 0.3) is 15.9 Å². The molecule has 0 bridgehead atoms. The molecule has 6 nitrogen and oxygen atoms in total. The van der Waals surface area contributed by atoms with Crippen molar-refractivity contribution in [1.82, 2.24) is 14.9 Å². The van der Waals surface area contributed by atoms with Crippen LogP contribution >= 0.6 is 23.1 Å². The first-order valence-electron chi connectivity index (χ1n) is 11.6. The van der Waals surface area contributed by atoms with Crippen LogP contribution in [0.4, 0.5) is 13.2 Å². The van der Waals surface area contributed by atoms with Gasteiger partial charge in [-0.1, -0.05) is 30.3 Å². The number of halogens is 3. The van der Waals surface area contributed by atoms with Crippen molar-refractivity contribution in [3.8, 4) is 0 Å². The maximum absolute atomic E-state index is 13.1. The van der Waals surface area contributed by atoms with Crippen LogP contribution in [0.3, 0.4) is 0 Å². The molecule has 0 atom stereocenters. The Balaban J connectivity index is 1.24. The van der Waals surface area contributed by atoms with Gasteiger partial charge in [0.05, 0.1) is 6.54 Å². The lowest BCUT2D eigenvalue weighted by Gasteiger charge is -2.31. The molecular weight excluding hydrogens is 543 g/mol. The monoisotopic (exact) mass is 569 g/mol. The molecule has 2 aromatic carbocycles. The Morgan fingerprint density at radius 1 is 0.973 bits per heavy atom. The highest BCUT2D eigenvalue weighted by molar-refractivity contribution is 8.00. The van der Waals surface area contributed by atoms with Crippen molar-refractivity contribution < 1.29 is 26.4 Å². The fourth-order valence-electron chi connectivity index (χ4n) is 3.95. The third-order valence-corrected chi connectivity index (χ3v) is 10.1. The van der Waals surface area contributed by atoms with Crippen molar-refractivity contribution in [3.05, 3.63) is 82.7 Å². The average molecular weight is 570 g/mol. The van der Waals surface area contributed by atoms with E-state index in [4.69, 9.17) is 0 Å². The number of thiophene rings is 1. The van der Waals surface area contributed by atoms with E-state index in [0.29, 0.717) is 38.0 Å². The number of hydrogen-bond acceptors (Lipinski definition) is 6. The van der Waals surface area contributed by atoms with E-state index in [2.05, 4.69) is 10.6 Å². The van der Waals surface area contributed by atoms with Gasteiger partial charge < -0.3 is 10.6 Å². The number of thioether (sulfide) groups is 1. The van der Waals surface area contributed by atoms with Crippen LogP contribution in [-0.4, -0.2) is 43.3 Å². The van der Waals surface area contributed by atoms with Gasteiger partial charge in [-0.15, -0.1) is 11.3 Å². The van der Waals surface area contributed by atoms with Crippen molar-refractivity contribution in [2.45, 2.75) is 46.6 Å². The molecule has 2 N–H and O–H groups in total. The average Bonchev–Trinajstić information content (AvgIpc) is 3.37. The summed E-state index contributed by atoms with van der Waals surface area (Å²) in [4.78, 5) is 13.1. The van der Waals surface area contributed by atoms with Crippen LogP contribution < -0.4 is 10.6 Å². The number of amides is 1. The number of rotatable bonds is 9. The molecule has 2 heterocycles. The van der Waals surface area contributed by atoms with E-state index >= 15 is 0 Å². The fourth-order valence-corrected chi connectivity index (χ4v) is 7.41. The van der Waals surface area contributed by atoms with E-state index in [1.54, 1.807) is 48.5 Å². The van der Waals surface area contributed by atoms with Gasteiger partial charge >= 0.3 is 5.51 Å². The first-order valence-corrected chi connectivity index (χ1v) is 14.7. The highest BCUT2D eigenvalue weighted by atomic mass is 32.2. The molecule has 0 unspecified atom stereocenters. The van der Waals surface area contributed by atoms with Crippen molar-refractivity contribution in [1.29, 1.82) is 0 Å². The minimum absolute atomic E-state index is 0.114. The molecule has 0 aliphatic carbocycles. The summed E-state index contributed by atoms with van der Waals surface area (Å²) in [7, 11) is -3.63. The summed E-state index contributed by atoms with van der Waals surface area (Å²) in [6, 6.07) is 18.5. The molecule has 12 heteroatoms. The molecule has 3 aromatic rings. The predicted octanol–water partition coefficient (Wildman–Crippen LogP) is 5.23. The number of benzene rings is 2. The Morgan fingerprint density at radius 3 is 2.30 bits per heavy atom. The molecule has 0 radical (unpaired) electrons. The van der Waals surface area contributed by atoms with Gasteiger partial charge in [-0.05, 0) is 66.6 Å². The van der Waals surface area contributed by atoms with Crippen LogP contribution in [0.2, 0.25) is 0 Å². The lowest BCUT2D eigenvalue weighted by molar-refractivity contribution is -0.0328. The second kappa shape index (κ2) is 12.0. The number of alkyl halides is 3. The molecule has 198 valence electrons. The number of carbonyl (C=O) groups excluding carboxylic acids is 1. The van der Waals surface area contributed by atoms with Gasteiger partial charge in [0.2, 0.25) is 0 Å². The lowest BCUT2D eigenvalue weighted by atomic mass is 10.1. The first kappa shape index (κ1) is 27.6. The van der Waals surface area contributed by atoms with Gasteiger partial charge in [-0.2, -0.15) is 17.5 Å².